The zero-order valence-corrected chi connectivity index (χ0v) is 20.4. The van der Waals surface area contributed by atoms with Crippen molar-refractivity contribution in [2.75, 3.05) is 23.3 Å². The third kappa shape index (κ3) is 6.23. The Kier molecular flexibility index (Phi) is 7.49. The van der Waals surface area contributed by atoms with E-state index in [2.05, 4.69) is 20.2 Å². The number of hydrogen-bond acceptors (Lipinski definition) is 8. The molecule has 1 saturated heterocycles. The van der Waals surface area contributed by atoms with Crippen molar-refractivity contribution in [3.8, 4) is 0 Å². The number of anilines is 2. The number of rotatable bonds is 8. The summed E-state index contributed by atoms with van der Waals surface area (Å²) < 4.78 is 0. The fourth-order valence-corrected chi connectivity index (χ4v) is 4.89. The van der Waals surface area contributed by atoms with Crippen molar-refractivity contribution in [3.05, 3.63) is 51.7 Å². The highest BCUT2D eigenvalue weighted by molar-refractivity contribution is 7.99. The molecule has 1 aliphatic rings. The van der Waals surface area contributed by atoms with E-state index in [-0.39, 0.29) is 11.9 Å². The maximum Gasteiger partial charge on any atom is 0.267 e. The number of carbonyl (C=O) groups excluding carboxylic acids is 1. The van der Waals surface area contributed by atoms with E-state index in [1.54, 1.807) is 11.4 Å². The summed E-state index contributed by atoms with van der Waals surface area (Å²) in [7, 11) is 0. The summed E-state index contributed by atoms with van der Waals surface area (Å²) in [5, 5.41) is 5.67. The van der Waals surface area contributed by atoms with Crippen molar-refractivity contribution in [1.82, 2.24) is 9.97 Å². The van der Waals surface area contributed by atoms with Crippen LogP contribution in [0.1, 0.15) is 29.4 Å². The Morgan fingerprint density at radius 2 is 2.06 bits per heavy atom. The van der Waals surface area contributed by atoms with Crippen LogP contribution in [0.4, 0.5) is 17.3 Å². The molecule has 1 aromatic carbocycles. The summed E-state index contributed by atoms with van der Waals surface area (Å²) >= 11 is 8.77. The number of hydrogen-bond donors (Lipinski definition) is 3. The molecule has 1 atom stereocenters. The number of aromatic nitrogens is 2. The number of carbonyl (C=O) groups is 1. The first-order valence-corrected chi connectivity index (χ1v) is 12.5. The lowest BCUT2D eigenvalue weighted by Crippen LogP contribution is -2.37. The fraction of sp³-hybridized carbons (Fsp3) is 0.273. The van der Waals surface area contributed by atoms with Gasteiger partial charge in [-0.3, -0.25) is 4.79 Å². The third-order valence-corrected chi connectivity index (χ3v) is 7.01. The Balaban J connectivity index is 1.50. The molecule has 3 aromatic rings. The highest BCUT2D eigenvalue weighted by Crippen LogP contribution is 2.31. The van der Waals surface area contributed by atoms with Crippen LogP contribution < -0.4 is 21.7 Å². The van der Waals surface area contributed by atoms with Gasteiger partial charge in [0.05, 0.1) is 5.02 Å². The van der Waals surface area contributed by atoms with Crippen LogP contribution in [0.15, 0.2) is 56.8 Å². The average Bonchev–Trinajstić information content (AvgIpc) is 3.13. The first kappa shape index (κ1) is 23.5. The number of nitrogens with zero attached hydrogens (tertiary/aromatic N) is 4. The van der Waals surface area contributed by atoms with Gasteiger partial charge in [-0.25, -0.2) is 15.0 Å². The van der Waals surface area contributed by atoms with Crippen LogP contribution >= 0.6 is 34.7 Å². The molecule has 0 bridgehead atoms. The monoisotopic (exact) mass is 501 g/mol. The van der Waals surface area contributed by atoms with E-state index >= 15 is 0 Å². The summed E-state index contributed by atoms with van der Waals surface area (Å²) in [5.74, 6) is 1.57. The lowest BCUT2D eigenvalue weighted by atomic mass is 10.2. The van der Waals surface area contributed by atoms with E-state index in [1.165, 1.54) is 23.1 Å². The number of benzene rings is 1. The van der Waals surface area contributed by atoms with Crippen LogP contribution in [-0.2, 0) is 0 Å². The standard InChI is InChI=1S/C22H24ClN7OS2/c1-13(24)11-17(25)27-18-12-19(30-8-2-9-30)29-22(28-18)33-15-5-3-14(4-6-15)26-21(31)20-16(23)7-10-32-20/h3-7,10,12-13H,2,8-9,11,24H2,1H3,(H,26,31)(H2,25,27,28,29). The molecule has 4 rings (SSSR count). The molecule has 3 heterocycles. The summed E-state index contributed by atoms with van der Waals surface area (Å²) in [4.78, 5) is 29.7. The second-order valence-corrected chi connectivity index (χ2v) is 10.0. The molecule has 1 aliphatic heterocycles. The van der Waals surface area contributed by atoms with Crippen molar-refractivity contribution < 1.29 is 4.79 Å². The highest BCUT2D eigenvalue weighted by Gasteiger charge is 2.18. The SMILES string of the molecule is CC(N)CC(N)=Nc1cc(N2CCC2)nc(Sc2ccc(NC(=O)c3sccc3Cl)cc2)n1. The van der Waals surface area contributed by atoms with Crippen LogP contribution in [0, 0.1) is 0 Å². The molecule has 11 heteroatoms. The van der Waals surface area contributed by atoms with Gasteiger partial charge in [0.2, 0.25) is 0 Å². The molecular formula is C22H24ClN7OS2. The summed E-state index contributed by atoms with van der Waals surface area (Å²) in [6, 6.07) is 11.0. The highest BCUT2D eigenvalue weighted by atomic mass is 35.5. The van der Waals surface area contributed by atoms with E-state index in [9.17, 15) is 4.79 Å². The predicted octanol–water partition coefficient (Wildman–Crippen LogP) is 4.53. The van der Waals surface area contributed by atoms with Gasteiger partial charge in [0.1, 0.15) is 16.5 Å². The van der Waals surface area contributed by atoms with Gasteiger partial charge in [0.25, 0.3) is 5.91 Å². The minimum Gasteiger partial charge on any atom is -0.387 e. The Morgan fingerprint density at radius 3 is 2.67 bits per heavy atom. The largest absolute Gasteiger partial charge is 0.387 e. The van der Waals surface area contributed by atoms with Crippen LogP contribution in [0.2, 0.25) is 5.02 Å². The lowest BCUT2D eigenvalue weighted by molar-refractivity contribution is 0.103. The molecule has 0 spiro atoms. The maximum absolute atomic E-state index is 12.4. The normalized spacial score (nSPS) is 14.6. The number of thiophene rings is 1. The lowest BCUT2D eigenvalue weighted by Gasteiger charge is -2.32. The molecule has 0 saturated carbocycles. The minimum absolute atomic E-state index is 0.0749. The van der Waals surface area contributed by atoms with Crippen LogP contribution in [0.25, 0.3) is 0 Å². The number of nitrogens with two attached hydrogens (primary N) is 2. The van der Waals surface area contributed by atoms with Gasteiger partial charge < -0.3 is 21.7 Å². The molecule has 33 heavy (non-hydrogen) atoms. The van der Waals surface area contributed by atoms with E-state index in [0.29, 0.717) is 38.8 Å². The predicted molar refractivity (Wildman–Crippen MR) is 136 cm³/mol. The van der Waals surface area contributed by atoms with Gasteiger partial charge in [0.15, 0.2) is 11.0 Å². The number of amidine groups is 1. The van der Waals surface area contributed by atoms with E-state index in [4.69, 9.17) is 28.1 Å². The third-order valence-electron chi connectivity index (χ3n) is 4.79. The van der Waals surface area contributed by atoms with Crippen molar-refractivity contribution >= 4 is 63.8 Å². The fourth-order valence-electron chi connectivity index (χ4n) is 3.09. The number of nitrogens with one attached hydrogen (secondary N) is 1. The molecule has 0 radical (unpaired) electrons. The van der Waals surface area contributed by atoms with E-state index in [0.717, 1.165) is 30.2 Å². The molecular weight excluding hydrogens is 478 g/mol. The second kappa shape index (κ2) is 10.5. The van der Waals surface area contributed by atoms with Crippen LogP contribution in [0.3, 0.4) is 0 Å². The molecule has 5 N–H and O–H groups in total. The second-order valence-electron chi connectivity index (χ2n) is 7.67. The molecule has 8 nitrogen and oxygen atoms in total. The van der Waals surface area contributed by atoms with Crippen LogP contribution in [0.5, 0.6) is 0 Å². The molecule has 1 fully saturated rings. The Labute approximate surface area is 205 Å². The van der Waals surface area contributed by atoms with Crippen molar-refractivity contribution in [1.29, 1.82) is 0 Å². The first-order valence-electron chi connectivity index (χ1n) is 10.4. The van der Waals surface area contributed by atoms with Gasteiger partial charge in [-0.1, -0.05) is 11.6 Å². The zero-order valence-electron chi connectivity index (χ0n) is 18.0. The van der Waals surface area contributed by atoms with Gasteiger partial charge >= 0.3 is 0 Å². The summed E-state index contributed by atoms with van der Waals surface area (Å²) in [6.07, 6.45) is 1.64. The van der Waals surface area contributed by atoms with Gasteiger partial charge in [0, 0.05) is 42.2 Å². The molecule has 2 aromatic heterocycles. The topological polar surface area (TPSA) is 123 Å². The molecule has 172 valence electrons. The number of halogens is 1. The number of aliphatic imine (C=N–C) groups is 1. The Hall–Kier alpha value is -2.66. The van der Waals surface area contributed by atoms with E-state index < -0.39 is 0 Å². The van der Waals surface area contributed by atoms with Crippen molar-refractivity contribution in [2.24, 2.45) is 16.5 Å². The smallest absolute Gasteiger partial charge is 0.267 e. The Morgan fingerprint density at radius 1 is 1.30 bits per heavy atom. The summed E-state index contributed by atoms with van der Waals surface area (Å²) in [5.41, 5.74) is 12.5. The number of amides is 1. The minimum atomic E-state index is -0.229. The van der Waals surface area contributed by atoms with Crippen LogP contribution in [-0.4, -0.2) is 40.8 Å². The first-order chi connectivity index (χ1) is 15.9. The molecule has 1 amide bonds. The maximum atomic E-state index is 12.4. The van der Waals surface area contributed by atoms with Gasteiger partial charge in [-0.15, -0.1) is 11.3 Å². The quantitative estimate of drug-likeness (QED) is 0.235. The average molecular weight is 502 g/mol. The van der Waals surface area contributed by atoms with Crippen molar-refractivity contribution in [2.45, 2.75) is 35.9 Å². The molecule has 0 aliphatic carbocycles. The van der Waals surface area contributed by atoms with Gasteiger partial charge in [-0.05, 0) is 60.8 Å². The zero-order chi connectivity index (χ0) is 23.4. The van der Waals surface area contributed by atoms with Gasteiger partial charge in [-0.2, -0.15) is 0 Å². The summed E-state index contributed by atoms with van der Waals surface area (Å²) in [6.45, 7) is 3.81. The van der Waals surface area contributed by atoms with Crippen molar-refractivity contribution in [3.63, 3.8) is 0 Å². The molecule has 1 unspecified atom stereocenters. The van der Waals surface area contributed by atoms with E-state index in [1.807, 2.05) is 37.3 Å². The Bertz CT molecular complexity index is 1160.